The minimum atomic E-state index is -0.526. The number of rotatable bonds is 5. The van der Waals surface area contributed by atoms with Gasteiger partial charge in [-0.3, -0.25) is 0 Å². The molecule has 1 aliphatic rings. The Morgan fingerprint density at radius 1 is 1.05 bits per heavy atom. The number of halogens is 1. The molecule has 1 saturated heterocycles. The molecule has 0 bridgehead atoms. The van der Waals surface area contributed by atoms with Gasteiger partial charge in [-0.15, -0.1) is 0 Å². The predicted molar refractivity (Wildman–Crippen MR) is 161 cm³/mol. The fraction of sp³-hybridized carbons (Fsp3) is 0.333. The summed E-state index contributed by atoms with van der Waals surface area (Å²) >= 11 is 2.35. The number of carbonyl (C=O) groups excluding carboxylic acids is 1. The van der Waals surface area contributed by atoms with Crippen molar-refractivity contribution < 1.29 is 14.3 Å². The van der Waals surface area contributed by atoms with Crippen LogP contribution in [0.5, 0.6) is 11.6 Å². The number of aromatic nitrogens is 3. The molecule has 202 valence electrons. The van der Waals surface area contributed by atoms with Crippen LogP contribution < -0.4 is 10.1 Å². The molecule has 39 heavy (non-hydrogen) atoms. The molecule has 3 heterocycles. The van der Waals surface area contributed by atoms with Crippen LogP contribution in [0.25, 0.3) is 22.0 Å². The lowest BCUT2D eigenvalue weighted by Gasteiger charge is -2.34. The Morgan fingerprint density at radius 3 is 2.72 bits per heavy atom. The zero-order chi connectivity index (χ0) is 27.6. The molecule has 0 saturated carbocycles. The molecule has 0 spiro atoms. The van der Waals surface area contributed by atoms with E-state index in [1.54, 1.807) is 17.3 Å². The number of amides is 1. The van der Waals surface area contributed by atoms with Gasteiger partial charge in [0.2, 0.25) is 11.8 Å². The molecular weight excluding hydrogens is 605 g/mol. The van der Waals surface area contributed by atoms with Gasteiger partial charge in [0.25, 0.3) is 0 Å². The summed E-state index contributed by atoms with van der Waals surface area (Å²) in [6.07, 6.45) is 4.94. The Balaban J connectivity index is 1.38. The second-order valence-electron chi connectivity index (χ2n) is 10.7. The smallest absolute Gasteiger partial charge is 0.410 e. The Kier molecular flexibility index (Phi) is 7.88. The molecule has 0 radical (unpaired) electrons. The van der Waals surface area contributed by atoms with Gasteiger partial charge in [-0.25, -0.2) is 19.7 Å². The molecule has 1 aliphatic heterocycles. The molecule has 8 nitrogen and oxygen atoms in total. The summed E-state index contributed by atoms with van der Waals surface area (Å²) in [5.41, 5.74) is 1.96. The Morgan fingerprint density at radius 2 is 1.90 bits per heavy atom. The number of benzene rings is 2. The van der Waals surface area contributed by atoms with E-state index < -0.39 is 5.60 Å². The topological polar surface area (TPSA) is 89.5 Å². The normalized spacial score (nSPS) is 15.7. The highest BCUT2D eigenvalue weighted by molar-refractivity contribution is 14.1. The number of nitrogens with zero attached hydrogens (tertiary/aromatic N) is 4. The van der Waals surface area contributed by atoms with E-state index in [-0.39, 0.29) is 12.1 Å². The molecule has 1 fully saturated rings. The van der Waals surface area contributed by atoms with Gasteiger partial charge in [-0.2, -0.15) is 0 Å². The average Bonchev–Trinajstić information content (AvgIpc) is 2.90. The number of carbonyl (C=O) groups is 1. The molecule has 2 aromatic carbocycles. The average molecular weight is 638 g/mol. The van der Waals surface area contributed by atoms with E-state index in [0.717, 1.165) is 44.1 Å². The first kappa shape index (κ1) is 27.1. The summed E-state index contributed by atoms with van der Waals surface area (Å²) in [5, 5.41) is 5.59. The molecule has 1 atom stereocenters. The number of ether oxygens (including phenoxy) is 2. The van der Waals surface area contributed by atoms with Gasteiger partial charge < -0.3 is 19.7 Å². The Hall–Kier alpha value is -3.47. The number of piperidine rings is 1. The van der Waals surface area contributed by atoms with Gasteiger partial charge in [-0.05, 0) is 98.3 Å². The standard InChI is InChI=1S/C30H32IN5O3/c1-19-12-13-21-22(9-5-11-24(21)31)26(19)38-27-23(10-6-15-32-27)25-14-16-33-28(35-25)34-20-8-7-17-36(18-20)29(37)39-30(2,3)4/h5-6,9-16,20H,7-8,17-18H2,1-4H3,(H,33,34,35). The van der Waals surface area contributed by atoms with Gasteiger partial charge >= 0.3 is 6.09 Å². The number of hydrogen-bond donors (Lipinski definition) is 1. The summed E-state index contributed by atoms with van der Waals surface area (Å²) in [4.78, 5) is 28.1. The van der Waals surface area contributed by atoms with Crippen LogP contribution in [0, 0.1) is 10.5 Å². The SMILES string of the molecule is Cc1ccc2c(I)cccc2c1Oc1ncccc1-c1ccnc(NC2CCCN(C(=O)OC(C)(C)C)C2)n1. The minimum absolute atomic E-state index is 0.0203. The van der Waals surface area contributed by atoms with Gasteiger partial charge in [-0.1, -0.05) is 24.3 Å². The van der Waals surface area contributed by atoms with E-state index >= 15 is 0 Å². The zero-order valence-corrected chi connectivity index (χ0v) is 24.7. The first-order valence-corrected chi connectivity index (χ1v) is 14.1. The fourth-order valence-corrected chi connectivity index (χ4v) is 5.33. The van der Waals surface area contributed by atoms with Gasteiger partial charge in [0.05, 0.1) is 11.3 Å². The second-order valence-corrected chi connectivity index (χ2v) is 11.8. The van der Waals surface area contributed by atoms with Crippen molar-refractivity contribution in [3.8, 4) is 22.9 Å². The maximum atomic E-state index is 12.6. The molecule has 9 heteroatoms. The van der Waals surface area contributed by atoms with Crippen molar-refractivity contribution in [3.05, 3.63) is 70.1 Å². The lowest BCUT2D eigenvalue weighted by molar-refractivity contribution is 0.0206. The first-order valence-electron chi connectivity index (χ1n) is 13.1. The Labute approximate surface area is 242 Å². The number of aryl methyl sites for hydroxylation is 1. The maximum absolute atomic E-state index is 12.6. The van der Waals surface area contributed by atoms with E-state index in [0.29, 0.717) is 30.6 Å². The fourth-order valence-electron chi connectivity index (χ4n) is 4.65. The van der Waals surface area contributed by atoms with E-state index in [1.807, 2.05) is 52.0 Å². The lowest BCUT2D eigenvalue weighted by Crippen LogP contribution is -2.47. The summed E-state index contributed by atoms with van der Waals surface area (Å²) in [5.74, 6) is 1.75. The zero-order valence-electron chi connectivity index (χ0n) is 22.6. The number of nitrogens with one attached hydrogen (secondary N) is 1. The first-order chi connectivity index (χ1) is 18.7. The molecule has 1 N–H and O–H groups in total. The largest absolute Gasteiger partial charge is 0.444 e. The molecule has 5 rings (SSSR count). The monoisotopic (exact) mass is 637 g/mol. The molecule has 2 aromatic heterocycles. The predicted octanol–water partition coefficient (Wildman–Crippen LogP) is 7.21. The third kappa shape index (κ3) is 6.41. The summed E-state index contributed by atoms with van der Waals surface area (Å²) in [7, 11) is 0. The van der Waals surface area contributed by atoms with Crippen molar-refractivity contribution in [1.29, 1.82) is 0 Å². The van der Waals surface area contributed by atoms with Crippen molar-refractivity contribution in [2.45, 2.75) is 52.2 Å². The summed E-state index contributed by atoms with van der Waals surface area (Å²) in [6, 6.07) is 16.1. The van der Waals surface area contributed by atoms with Crippen LogP contribution in [0.1, 0.15) is 39.2 Å². The molecule has 4 aromatic rings. The third-order valence-electron chi connectivity index (χ3n) is 6.46. The minimum Gasteiger partial charge on any atom is -0.444 e. The van der Waals surface area contributed by atoms with Crippen LogP contribution >= 0.6 is 22.6 Å². The van der Waals surface area contributed by atoms with Crippen LogP contribution in [0.15, 0.2) is 60.9 Å². The van der Waals surface area contributed by atoms with E-state index in [1.165, 1.54) is 0 Å². The maximum Gasteiger partial charge on any atom is 0.410 e. The molecular formula is C30H32IN5O3. The van der Waals surface area contributed by atoms with E-state index in [9.17, 15) is 4.79 Å². The van der Waals surface area contributed by atoms with Gasteiger partial charge in [0.15, 0.2) is 0 Å². The third-order valence-corrected chi connectivity index (χ3v) is 7.40. The van der Waals surface area contributed by atoms with Crippen LogP contribution in [0.2, 0.25) is 0 Å². The molecule has 1 amide bonds. The number of hydrogen-bond acceptors (Lipinski definition) is 7. The van der Waals surface area contributed by atoms with Crippen molar-refractivity contribution >= 4 is 45.4 Å². The number of fused-ring (bicyclic) bond motifs is 1. The summed E-state index contributed by atoms with van der Waals surface area (Å²) in [6.45, 7) is 8.88. The Bertz CT molecular complexity index is 1500. The van der Waals surface area contributed by atoms with E-state index in [2.05, 4.69) is 62.1 Å². The number of anilines is 1. The molecule has 0 aliphatic carbocycles. The van der Waals surface area contributed by atoms with Crippen LogP contribution in [0.4, 0.5) is 10.7 Å². The second kappa shape index (κ2) is 11.3. The highest BCUT2D eigenvalue weighted by atomic mass is 127. The van der Waals surface area contributed by atoms with Crippen molar-refractivity contribution in [2.24, 2.45) is 0 Å². The lowest BCUT2D eigenvalue weighted by atomic mass is 10.1. The van der Waals surface area contributed by atoms with Crippen molar-refractivity contribution in [3.63, 3.8) is 0 Å². The molecule has 1 unspecified atom stereocenters. The number of pyridine rings is 1. The number of likely N-dealkylation sites (tertiary alicyclic amines) is 1. The van der Waals surface area contributed by atoms with Crippen molar-refractivity contribution in [1.82, 2.24) is 19.9 Å². The quantitative estimate of drug-likeness (QED) is 0.232. The van der Waals surface area contributed by atoms with E-state index in [4.69, 9.17) is 14.5 Å². The van der Waals surface area contributed by atoms with Crippen molar-refractivity contribution in [2.75, 3.05) is 18.4 Å². The van der Waals surface area contributed by atoms with Gasteiger partial charge in [0.1, 0.15) is 11.4 Å². The van der Waals surface area contributed by atoms with Crippen LogP contribution in [-0.4, -0.2) is 50.7 Å². The van der Waals surface area contributed by atoms with Gasteiger partial charge in [0, 0.05) is 40.5 Å². The highest BCUT2D eigenvalue weighted by Crippen LogP contribution is 2.37. The van der Waals surface area contributed by atoms with Crippen LogP contribution in [-0.2, 0) is 4.74 Å². The highest BCUT2D eigenvalue weighted by Gasteiger charge is 2.28. The van der Waals surface area contributed by atoms with Crippen LogP contribution in [0.3, 0.4) is 0 Å². The summed E-state index contributed by atoms with van der Waals surface area (Å²) < 4.78 is 13.2.